The molecule has 2 fully saturated rings. The molecular weight excluding hydrogens is 386 g/mol. The number of esters is 1. The van der Waals surface area contributed by atoms with Crippen LogP contribution in [0.25, 0.3) is 10.8 Å². The number of likely N-dealkylation sites (tertiary alicyclic amines) is 1. The highest BCUT2D eigenvalue weighted by molar-refractivity contribution is 5.84. The summed E-state index contributed by atoms with van der Waals surface area (Å²) in [4.78, 5) is 14.9. The van der Waals surface area contributed by atoms with Crippen molar-refractivity contribution < 1.29 is 14.6 Å². The van der Waals surface area contributed by atoms with Crippen molar-refractivity contribution in [1.29, 1.82) is 0 Å². The molecule has 0 atom stereocenters. The zero-order chi connectivity index (χ0) is 21.5. The quantitative estimate of drug-likeness (QED) is 0.415. The summed E-state index contributed by atoms with van der Waals surface area (Å²) in [7, 11) is 0. The molecule has 2 aromatic carbocycles. The van der Waals surface area contributed by atoms with E-state index in [1.54, 1.807) is 12.1 Å². The maximum absolute atomic E-state index is 12.4. The second-order valence-corrected chi connectivity index (χ2v) is 9.58. The molecule has 1 saturated heterocycles. The molecule has 1 heterocycles. The summed E-state index contributed by atoms with van der Waals surface area (Å²) < 4.78 is 5.60. The van der Waals surface area contributed by atoms with Gasteiger partial charge in [0, 0.05) is 6.54 Å². The van der Waals surface area contributed by atoms with Crippen molar-refractivity contribution in [2.24, 2.45) is 11.8 Å². The number of hydrogen-bond acceptors (Lipinski definition) is 4. The zero-order valence-corrected chi connectivity index (χ0v) is 18.7. The highest BCUT2D eigenvalue weighted by Gasteiger charge is 2.26. The van der Waals surface area contributed by atoms with Gasteiger partial charge in [0.1, 0.15) is 5.75 Å². The summed E-state index contributed by atoms with van der Waals surface area (Å²) in [5.41, 5.74) is 1.28. The van der Waals surface area contributed by atoms with Crippen molar-refractivity contribution in [2.45, 2.75) is 70.8 Å². The van der Waals surface area contributed by atoms with Gasteiger partial charge in [-0.15, -0.1) is 0 Å². The van der Waals surface area contributed by atoms with Gasteiger partial charge >= 0.3 is 5.97 Å². The molecule has 0 amide bonds. The lowest BCUT2D eigenvalue weighted by Crippen LogP contribution is -2.36. The van der Waals surface area contributed by atoms with Crippen LogP contribution in [-0.4, -0.2) is 35.7 Å². The van der Waals surface area contributed by atoms with Crippen LogP contribution in [0, 0.1) is 11.8 Å². The molecule has 2 aromatic rings. The van der Waals surface area contributed by atoms with Gasteiger partial charge in [-0.1, -0.05) is 56.7 Å². The largest absolute Gasteiger partial charge is 0.508 e. The van der Waals surface area contributed by atoms with E-state index in [9.17, 15) is 9.90 Å². The first-order chi connectivity index (χ1) is 15.2. The summed E-state index contributed by atoms with van der Waals surface area (Å²) in [5.74, 6) is 1.30. The number of nitrogens with zero attached hydrogens (tertiary/aromatic N) is 1. The fourth-order valence-electron chi connectivity index (χ4n) is 5.27. The Morgan fingerprint density at radius 3 is 2.48 bits per heavy atom. The third-order valence-electron chi connectivity index (χ3n) is 7.19. The van der Waals surface area contributed by atoms with Crippen LogP contribution in [0.3, 0.4) is 0 Å². The van der Waals surface area contributed by atoms with Gasteiger partial charge < -0.3 is 9.84 Å². The summed E-state index contributed by atoms with van der Waals surface area (Å²) >= 11 is 0. The monoisotopic (exact) mass is 423 g/mol. The van der Waals surface area contributed by atoms with Crippen LogP contribution in [0.4, 0.5) is 0 Å². The third-order valence-corrected chi connectivity index (χ3v) is 7.19. The molecule has 31 heavy (non-hydrogen) atoms. The predicted octanol–water partition coefficient (Wildman–Crippen LogP) is 6.05. The first-order valence-electron chi connectivity index (χ1n) is 12.3. The molecule has 0 radical (unpaired) electrons. The predicted molar refractivity (Wildman–Crippen MR) is 125 cm³/mol. The Morgan fingerprint density at radius 2 is 1.68 bits per heavy atom. The molecule has 0 unspecified atom stereocenters. The van der Waals surface area contributed by atoms with Crippen molar-refractivity contribution >= 4 is 16.7 Å². The Hall–Kier alpha value is -2.07. The third kappa shape index (κ3) is 6.46. The summed E-state index contributed by atoms with van der Waals surface area (Å²) in [6.45, 7) is 3.38. The first kappa shape index (κ1) is 22.1. The van der Waals surface area contributed by atoms with E-state index < -0.39 is 0 Å². The van der Waals surface area contributed by atoms with E-state index in [0.717, 1.165) is 55.6 Å². The molecule has 1 aliphatic heterocycles. The molecule has 1 saturated carbocycles. The maximum Gasteiger partial charge on any atom is 0.309 e. The minimum absolute atomic E-state index is 0.0165. The Labute approximate surface area is 186 Å². The van der Waals surface area contributed by atoms with Crippen LogP contribution in [0.15, 0.2) is 36.4 Å². The Kier molecular flexibility index (Phi) is 7.85. The number of carbonyl (C=O) groups excluding carboxylic acids is 1. The fourth-order valence-corrected chi connectivity index (χ4v) is 5.27. The number of phenolic OH excluding ortho intramolecular Hbond substituents is 1. The molecule has 0 aromatic heterocycles. The van der Waals surface area contributed by atoms with E-state index in [0.29, 0.717) is 12.4 Å². The second kappa shape index (κ2) is 11.0. The van der Waals surface area contributed by atoms with Crippen LogP contribution in [0.1, 0.15) is 69.8 Å². The van der Waals surface area contributed by atoms with Gasteiger partial charge in [-0.2, -0.15) is 0 Å². The number of fused-ring (bicyclic) bond motifs is 1. The Morgan fingerprint density at radius 1 is 0.935 bits per heavy atom. The van der Waals surface area contributed by atoms with Crippen molar-refractivity contribution in [3.8, 4) is 5.75 Å². The number of aromatic hydroxyl groups is 1. The normalized spacial score (nSPS) is 19.0. The van der Waals surface area contributed by atoms with E-state index >= 15 is 0 Å². The number of hydrogen-bond donors (Lipinski definition) is 1. The second-order valence-electron chi connectivity index (χ2n) is 9.58. The van der Waals surface area contributed by atoms with Crippen LogP contribution in [0.2, 0.25) is 0 Å². The standard InChI is InChI=1S/C27H37NO3/c29-26-12-11-24-18-22(9-10-25(24)19-26)20-28-15-13-23(14-16-28)27(30)31-17-5-4-8-21-6-2-1-3-7-21/h9-12,18-19,21,23,29H,1-8,13-17,20H2. The molecule has 4 rings (SSSR count). The van der Waals surface area contributed by atoms with Crippen LogP contribution in [0.5, 0.6) is 5.75 Å². The summed E-state index contributed by atoms with van der Waals surface area (Å²) in [6.07, 6.45) is 12.3. The van der Waals surface area contributed by atoms with E-state index in [1.807, 2.05) is 6.07 Å². The average molecular weight is 424 g/mol. The maximum atomic E-state index is 12.4. The van der Waals surface area contributed by atoms with Gasteiger partial charge in [0.25, 0.3) is 0 Å². The van der Waals surface area contributed by atoms with E-state index in [1.165, 1.54) is 50.5 Å². The van der Waals surface area contributed by atoms with Gasteiger partial charge in [0.2, 0.25) is 0 Å². The lowest BCUT2D eigenvalue weighted by Gasteiger charge is -2.31. The topological polar surface area (TPSA) is 49.8 Å². The molecular formula is C27H37NO3. The lowest BCUT2D eigenvalue weighted by molar-refractivity contribution is -0.150. The summed E-state index contributed by atoms with van der Waals surface area (Å²) in [6, 6.07) is 11.9. The van der Waals surface area contributed by atoms with Crippen molar-refractivity contribution in [3.05, 3.63) is 42.0 Å². The number of piperidine rings is 1. The average Bonchev–Trinajstić information content (AvgIpc) is 2.80. The smallest absolute Gasteiger partial charge is 0.309 e. The van der Waals surface area contributed by atoms with Crippen LogP contribution >= 0.6 is 0 Å². The molecule has 0 spiro atoms. The van der Waals surface area contributed by atoms with Crippen LogP contribution in [-0.2, 0) is 16.1 Å². The van der Waals surface area contributed by atoms with Gasteiger partial charge in [0.15, 0.2) is 0 Å². The first-order valence-corrected chi connectivity index (χ1v) is 12.3. The Balaban J connectivity index is 1.14. The molecule has 0 bridgehead atoms. The molecule has 4 heteroatoms. The molecule has 1 aliphatic carbocycles. The Bertz CT molecular complexity index is 851. The minimum Gasteiger partial charge on any atom is -0.508 e. The molecule has 168 valence electrons. The van der Waals surface area contributed by atoms with E-state index in [4.69, 9.17) is 4.74 Å². The summed E-state index contributed by atoms with van der Waals surface area (Å²) in [5, 5.41) is 11.8. The van der Waals surface area contributed by atoms with Crippen LogP contribution < -0.4 is 0 Å². The van der Waals surface area contributed by atoms with E-state index in [-0.39, 0.29) is 11.9 Å². The molecule has 2 aliphatic rings. The van der Waals surface area contributed by atoms with Crippen molar-refractivity contribution in [2.75, 3.05) is 19.7 Å². The highest BCUT2D eigenvalue weighted by Crippen LogP contribution is 2.28. The fraction of sp³-hybridized carbons (Fsp3) is 0.593. The van der Waals surface area contributed by atoms with Crippen molar-refractivity contribution in [3.63, 3.8) is 0 Å². The zero-order valence-electron chi connectivity index (χ0n) is 18.7. The number of benzene rings is 2. The minimum atomic E-state index is 0.0165. The van der Waals surface area contributed by atoms with Gasteiger partial charge in [0.05, 0.1) is 12.5 Å². The van der Waals surface area contributed by atoms with Crippen molar-refractivity contribution in [1.82, 2.24) is 4.90 Å². The van der Waals surface area contributed by atoms with Gasteiger partial charge in [-0.25, -0.2) is 0 Å². The molecule has 1 N–H and O–H groups in total. The van der Waals surface area contributed by atoms with E-state index in [2.05, 4.69) is 23.1 Å². The van der Waals surface area contributed by atoms with Gasteiger partial charge in [-0.3, -0.25) is 9.69 Å². The highest BCUT2D eigenvalue weighted by atomic mass is 16.5. The SMILES string of the molecule is O=C(OCCCCC1CCCCC1)C1CCN(Cc2ccc3cc(O)ccc3c2)CC1. The number of unbranched alkanes of at least 4 members (excludes halogenated alkanes) is 1. The number of rotatable bonds is 8. The number of ether oxygens (including phenoxy) is 1. The molecule has 4 nitrogen and oxygen atoms in total. The number of carbonyl (C=O) groups is 1. The van der Waals surface area contributed by atoms with Gasteiger partial charge in [-0.05, 0) is 79.2 Å². The number of phenols is 1. The lowest BCUT2D eigenvalue weighted by atomic mass is 9.86.